The van der Waals surface area contributed by atoms with E-state index in [-0.39, 0.29) is 11.9 Å². The van der Waals surface area contributed by atoms with E-state index >= 15 is 0 Å². The Bertz CT molecular complexity index is 547. The van der Waals surface area contributed by atoms with E-state index in [1.165, 1.54) is 30.5 Å². The summed E-state index contributed by atoms with van der Waals surface area (Å²) in [7, 11) is 0. The van der Waals surface area contributed by atoms with Crippen LogP contribution in [0.2, 0.25) is 0 Å². The summed E-state index contributed by atoms with van der Waals surface area (Å²) in [5, 5.41) is 7.07. The summed E-state index contributed by atoms with van der Waals surface area (Å²) in [5.74, 6) is 0.349. The van der Waals surface area contributed by atoms with Crippen molar-refractivity contribution in [2.75, 3.05) is 18.4 Å². The normalized spacial score (nSPS) is 20.0. The van der Waals surface area contributed by atoms with Gasteiger partial charge in [-0.25, -0.2) is 4.39 Å². The van der Waals surface area contributed by atoms with Gasteiger partial charge in [-0.1, -0.05) is 30.3 Å². The molecular weight excluding hydrogens is 263 g/mol. The highest BCUT2D eigenvalue weighted by atomic mass is 19.1. The smallest absolute Gasteiger partial charge is 0.123 e. The van der Waals surface area contributed by atoms with Crippen LogP contribution in [0, 0.1) is 11.7 Å². The summed E-state index contributed by atoms with van der Waals surface area (Å²) < 4.78 is 13.1. The molecule has 2 atom stereocenters. The van der Waals surface area contributed by atoms with Gasteiger partial charge in [0.15, 0.2) is 0 Å². The van der Waals surface area contributed by atoms with Crippen molar-refractivity contribution in [2.45, 2.75) is 18.9 Å². The lowest BCUT2D eigenvalue weighted by molar-refractivity contribution is 0.339. The van der Waals surface area contributed by atoms with Gasteiger partial charge in [0.05, 0.1) is 6.04 Å². The predicted octanol–water partition coefficient (Wildman–Crippen LogP) is 3.98. The summed E-state index contributed by atoms with van der Waals surface area (Å²) in [6, 6.07) is 17.4. The lowest BCUT2D eigenvalue weighted by Gasteiger charge is -2.32. The second-order valence-corrected chi connectivity index (χ2v) is 5.65. The molecule has 0 saturated carbocycles. The van der Waals surface area contributed by atoms with E-state index < -0.39 is 0 Å². The van der Waals surface area contributed by atoms with E-state index in [2.05, 4.69) is 34.9 Å². The largest absolute Gasteiger partial charge is 0.378 e. The van der Waals surface area contributed by atoms with Gasteiger partial charge >= 0.3 is 0 Å². The Kier molecular flexibility index (Phi) is 4.51. The molecule has 2 N–H and O–H groups in total. The minimum atomic E-state index is -0.198. The molecule has 0 radical (unpaired) electrons. The van der Waals surface area contributed by atoms with Crippen molar-refractivity contribution in [2.24, 2.45) is 5.92 Å². The van der Waals surface area contributed by atoms with Gasteiger partial charge in [0.1, 0.15) is 5.82 Å². The summed E-state index contributed by atoms with van der Waals surface area (Å²) in [5.41, 5.74) is 2.26. The zero-order valence-corrected chi connectivity index (χ0v) is 12.1. The predicted molar refractivity (Wildman–Crippen MR) is 84.8 cm³/mol. The fourth-order valence-corrected chi connectivity index (χ4v) is 3.02. The van der Waals surface area contributed by atoms with Crippen LogP contribution in [0.15, 0.2) is 54.6 Å². The van der Waals surface area contributed by atoms with E-state index in [1.807, 2.05) is 18.2 Å². The standard InChI is InChI=1S/C18H21FN2/c19-16-8-10-17(11-9-16)21-18(14-5-2-1-3-6-14)15-7-4-12-20-13-15/h1-3,5-6,8-11,15,18,20-21H,4,7,12-13H2. The highest BCUT2D eigenvalue weighted by Crippen LogP contribution is 2.30. The Balaban J connectivity index is 1.83. The van der Waals surface area contributed by atoms with Gasteiger partial charge in [-0.2, -0.15) is 0 Å². The van der Waals surface area contributed by atoms with Gasteiger partial charge in [0.2, 0.25) is 0 Å². The second-order valence-electron chi connectivity index (χ2n) is 5.65. The lowest BCUT2D eigenvalue weighted by atomic mass is 9.87. The molecule has 2 aromatic carbocycles. The molecular formula is C18H21FN2. The van der Waals surface area contributed by atoms with Crippen molar-refractivity contribution in [3.8, 4) is 0 Å². The van der Waals surface area contributed by atoms with Crippen LogP contribution < -0.4 is 10.6 Å². The van der Waals surface area contributed by atoms with E-state index in [0.29, 0.717) is 5.92 Å². The molecule has 0 aromatic heterocycles. The molecule has 3 heteroatoms. The van der Waals surface area contributed by atoms with Crippen LogP contribution in [-0.2, 0) is 0 Å². The zero-order chi connectivity index (χ0) is 14.5. The molecule has 2 unspecified atom stereocenters. The molecule has 1 heterocycles. The SMILES string of the molecule is Fc1ccc(NC(c2ccccc2)C2CCCNC2)cc1. The first-order chi connectivity index (χ1) is 10.3. The van der Waals surface area contributed by atoms with Crippen LogP contribution >= 0.6 is 0 Å². The minimum Gasteiger partial charge on any atom is -0.378 e. The third-order valence-electron chi connectivity index (χ3n) is 4.13. The molecule has 1 aliphatic heterocycles. The molecule has 1 fully saturated rings. The van der Waals surface area contributed by atoms with Gasteiger partial charge < -0.3 is 10.6 Å². The molecule has 0 amide bonds. The fourth-order valence-electron chi connectivity index (χ4n) is 3.02. The van der Waals surface area contributed by atoms with Crippen molar-refractivity contribution in [3.63, 3.8) is 0 Å². The number of hydrogen-bond donors (Lipinski definition) is 2. The highest BCUT2D eigenvalue weighted by molar-refractivity contribution is 5.45. The molecule has 0 aliphatic carbocycles. The molecule has 1 aliphatic rings. The Morgan fingerprint density at radius 2 is 1.81 bits per heavy atom. The zero-order valence-electron chi connectivity index (χ0n) is 12.1. The van der Waals surface area contributed by atoms with Crippen LogP contribution in [0.25, 0.3) is 0 Å². The monoisotopic (exact) mass is 284 g/mol. The first-order valence-corrected chi connectivity index (χ1v) is 7.61. The van der Waals surface area contributed by atoms with E-state index in [9.17, 15) is 4.39 Å². The summed E-state index contributed by atoms with van der Waals surface area (Å²) in [6.45, 7) is 2.13. The molecule has 110 valence electrons. The molecule has 1 saturated heterocycles. The van der Waals surface area contributed by atoms with E-state index in [4.69, 9.17) is 0 Å². The number of benzene rings is 2. The number of nitrogens with one attached hydrogen (secondary N) is 2. The third kappa shape index (κ3) is 3.61. The van der Waals surface area contributed by atoms with Crippen LogP contribution in [0.4, 0.5) is 10.1 Å². The number of anilines is 1. The molecule has 3 rings (SSSR count). The molecule has 21 heavy (non-hydrogen) atoms. The Labute approximate surface area is 125 Å². The lowest BCUT2D eigenvalue weighted by Crippen LogP contribution is -2.35. The van der Waals surface area contributed by atoms with Crippen molar-refractivity contribution in [1.29, 1.82) is 0 Å². The maximum atomic E-state index is 13.1. The van der Waals surface area contributed by atoms with Crippen molar-refractivity contribution in [1.82, 2.24) is 5.32 Å². The molecule has 0 spiro atoms. The third-order valence-corrected chi connectivity index (χ3v) is 4.13. The number of halogens is 1. The average Bonchev–Trinajstić information content (AvgIpc) is 2.56. The molecule has 0 bridgehead atoms. The van der Waals surface area contributed by atoms with E-state index in [1.54, 1.807) is 0 Å². The van der Waals surface area contributed by atoms with Crippen LogP contribution in [0.1, 0.15) is 24.4 Å². The van der Waals surface area contributed by atoms with Crippen molar-refractivity contribution in [3.05, 3.63) is 66.0 Å². The first kappa shape index (κ1) is 14.1. The van der Waals surface area contributed by atoms with Gasteiger partial charge in [0, 0.05) is 12.2 Å². The Morgan fingerprint density at radius 1 is 1.05 bits per heavy atom. The number of rotatable bonds is 4. The quantitative estimate of drug-likeness (QED) is 0.887. The van der Waals surface area contributed by atoms with Crippen LogP contribution in [0.5, 0.6) is 0 Å². The summed E-state index contributed by atoms with van der Waals surface area (Å²) in [6.07, 6.45) is 2.42. The maximum Gasteiger partial charge on any atom is 0.123 e. The van der Waals surface area contributed by atoms with Crippen LogP contribution in [-0.4, -0.2) is 13.1 Å². The maximum absolute atomic E-state index is 13.1. The molecule has 2 nitrogen and oxygen atoms in total. The first-order valence-electron chi connectivity index (χ1n) is 7.61. The molecule has 2 aromatic rings. The van der Waals surface area contributed by atoms with Crippen molar-refractivity contribution < 1.29 is 4.39 Å². The topological polar surface area (TPSA) is 24.1 Å². The summed E-state index contributed by atoms with van der Waals surface area (Å²) >= 11 is 0. The van der Waals surface area contributed by atoms with Gasteiger partial charge in [-0.3, -0.25) is 0 Å². The highest BCUT2D eigenvalue weighted by Gasteiger charge is 2.24. The second kappa shape index (κ2) is 6.72. The van der Waals surface area contributed by atoms with Crippen LogP contribution in [0.3, 0.4) is 0 Å². The van der Waals surface area contributed by atoms with Gasteiger partial charge in [-0.15, -0.1) is 0 Å². The van der Waals surface area contributed by atoms with Gasteiger partial charge in [-0.05, 0) is 55.1 Å². The van der Waals surface area contributed by atoms with Gasteiger partial charge in [0.25, 0.3) is 0 Å². The van der Waals surface area contributed by atoms with E-state index in [0.717, 1.165) is 18.8 Å². The minimum absolute atomic E-state index is 0.198. The number of hydrogen-bond acceptors (Lipinski definition) is 2. The summed E-state index contributed by atoms with van der Waals surface area (Å²) in [4.78, 5) is 0. The fraction of sp³-hybridized carbons (Fsp3) is 0.333. The Morgan fingerprint density at radius 3 is 2.48 bits per heavy atom. The van der Waals surface area contributed by atoms with Crippen molar-refractivity contribution >= 4 is 5.69 Å². The Hall–Kier alpha value is -1.87. The average molecular weight is 284 g/mol. The number of piperidine rings is 1.